The van der Waals surface area contributed by atoms with Crippen LogP contribution in [0.1, 0.15) is 29.9 Å². The molecule has 1 aliphatic heterocycles. The topological polar surface area (TPSA) is 58.0 Å². The minimum Gasteiger partial charge on any atom is -0.385 e. The molecule has 6 nitrogen and oxygen atoms in total. The second-order valence-corrected chi connectivity index (χ2v) is 8.37. The van der Waals surface area contributed by atoms with Crippen molar-refractivity contribution in [3.8, 4) is 5.69 Å². The van der Waals surface area contributed by atoms with Gasteiger partial charge in [0.05, 0.1) is 29.7 Å². The molecule has 1 fully saturated rings. The molecule has 1 aliphatic rings. The van der Waals surface area contributed by atoms with Crippen LogP contribution in [-0.2, 0) is 0 Å². The SMILES string of the molecule is S=C1N[C@H](c2ccccn2)[C@@H](c2cccn2-c2cccnc2)N1CCCNc1ccccc1. The molecular formula is C26H26N6S. The third-order valence-electron chi connectivity index (χ3n) is 5.88. The summed E-state index contributed by atoms with van der Waals surface area (Å²) in [6, 6.07) is 24.6. The maximum absolute atomic E-state index is 5.82. The van der Waals surface area contributed by atoms with Crippen molar-refractivity contribution in [3.05, 3.63) is 109 Å². The van der Waals surface area contributed by atoms with Gasteiger partial charge >= 0.3 is 0 Å². The average molecular weight is 455 g/mol. The van der Waals surface area contributed by atoms with Gasteiger partial charge in [-0.05, 0) is 67.2 Å². The summed E-state index contributed by atoms with van der Waals surface area (Å²) in [7, 11) is 0. The van der Waals surface area contributed by atoms with Crippen LogP contribution in [0.3, 0.4) is 0 Å². The smallest absolute Gasteiger partial charge is 0.170 e. The first-order valence-electron chi connectivity index (χ1n) is 11.2. The Morgan fingerprint density at radius 3 is 2.61 bits per heavy atom. The highest BCUT2D eigenvalue weighted by molar-refractivity contribution is 7.80. The van der Waals surface area contributed by atoms with E-state index in [2.05, 4.69) is 72.7 Å². The Kier molecular flexibility index (Phi) is 6.30. The van der Waals surface area contributed by atoms with E-state index in [1.54, 1.807) is 6.20 Å². The van der Waals surface area contributed by atoms with E-state index in [9.17, 15) is 0 Å². The van der Waals surface area contributed by atoms with Crippen molar-refractivity contribution >= 4 is 23.0 Å². The Morgan fingerprint density at radius 2 is 1.82 bits per heavy atom. The summed E-state index contributed by atoms with van der Waals surface area (Å²) in [6.07, 6.45) is 8.55. The summed E-state index contributed by atoms with van der Waals surface area (Å²) in [5.74, 6) is 0. The van der Waals surface area contributed by atoms with Gasteiger partial charge in [-0.2, -0.15) is 0 Å². The van der Waals surface area contributed by atoms with Gasteiger partial charge in [0.25, 0.3) is 0 Å². The molecule has 4 heterocycles. The van der Waals surface area contributed by atoms with Crippen LogP contribution >= 0.6 is 12.2 Å². The highest BCUT2D eigenvalue weighted by Crippen LogP contribution is 2.39. The van der Waals surface area contributed by atoms with Crippen molar-refractivity contribution in [3.63, 3.8) is 0 Å². The van der Waals surface area contributed by atoms with E-state index in [4.69, 9.17) is 12.2 Å². The van der Waals surface area contributed by atoms with E-state index in [-0.39, 0.29) is 12.1 Å². The molecule has 166 valence electrons. The predicted octanol–water partition coefficient (Wildman–Crippen LogP) is 4.74. The molecule has 3 aromatic heterocycles. The summed E-state index contributed by atoms with van der Waals surface area (Å²) in [4.78, 5) is 11.3. The van der Waals surface area contributed by atoms with E-state index >= 15 is 0 Å². The Balaban J connectivity index is 1.41. The van der Waals surface area contributed by atoms with Gasteiger partial charge in [-0.3, -0.25) is 9.97 Å². The Hall–Kier alpha value is -3.71. The van der Waals surface area contributed by atoms with E-state index in [0.29, 0.717) is 0 Å². The molecule has 0 radical (unpaired) electrons. The number of pyridine rings is 2. The quantitative estimate of drug-likeness (QED) is 0.296. The third kappa shape index (κ3) is 4.59. The zero-order chi connectivity index (χ0) is 22.5. The molecule has 4 aromatic rings. The monoisotopic (exact) mass is 454 g/mol. The Morgan fingerprint density at radius 1 is 0.939 bits per heavy atom. The van der Waals surface area contributed by atoms with Crippen LogP contribution in [0, 0.1) is 0 Å². The molecule has 0 unspecified atom stereocenters. The Bertz CT molecular complexity index is 1180. The number of anilines is 1. The summed E-state index contributed by atoms with van der Waals surface area (Å²) >= 11 is 5.82. The zero-order valence-electron chi connectivity index (χ0n) is 18.2. The van der Waals surface area contributed by atoms with E-state index in [1.807, 2.05) is 48.8 Å². The van der Waals surface area contributed by atoms with Gasteiger partial charge in [-0.1, -0.05) is 24.3 Å². The van der Waals surface area contributed by atoms with Crippen LogP contribution in [0.25, 0.3) is 5.69 Å². The van der Waals surface area contributed by atoms with Crippen molar-refractivity contribution < 1.29 is 0 Å². The number of hydrogen-bond acceptors (Lipinski definition) is 4. The number of para-hydroxylation sites is 1. The number of nitrogens with zero attached hydrogens (tertiary/aromatic N) is 4. The highest BCUT2D eigenvalue weighted by atomic mass is 32.1. The van der Waals surface area contributed by atoms with Crippen LogP contribution < -0.4 is 10.6 Å². The average Bonchev–Trinajstić information content (AvgIpc) is 3.48. The van der Waals surface area contributed by atoms with Crippen LogP contribution in [0.4, 0.5) is 5.69 Å². The predicted molar refractivity (Wildman–Crippen MR) is 135 cm³/mol. The molecule has 33 heavy (non-hydrogen) atoms. The van der Waals surface area contributed by atoms with Gasteiger partial charge in [0.1, 0.15) is 0 Å². The molecule has 0 aliphatic carbocycles. The first kappa shape index (κ1) is 21.2. The number of nitrogens with one attached hydrogen (secondary N) is 2. The lowest BCUT2D eigenvalue weighted by Crippen LogP contribution is -2.32. The first-order valence-corrected chi connectivity index (χ1v) is 11.6. The van der Waals surface area contributed by atoms with E-state index < -0.39 is 0 Å². The van der Waals surface area contributed by atoms with Gasteiger partial charge in [-0.25, -0.2) is 0 Å². The molecular weight excluding hydrogens is 428 g/mol. The van der Waals surface area contributed by atoms with E-state index in [1.165, 1.54) is 0 Å². The molecule has 0 bridgehead atoms. The van der Waals surface area contributed by atoms with E-state index in [0.717, 1.165) is 47.4 Å². The summed E-state index contributed by atoms with van der Waals surface area (Å²) in [6.45, 7) is 1.70. The summed E-state index contributed by atoms with van der Waals surface area (Å²) in [5.41, 5.74) is 4.30. The van der Waals surface area contributed by atoms with Gasteiger partial charge < -0.3 is 20.1 Å². The molecule has 7 heteroatoms. The largest absolute Gasteiger partial charge is 0.385 e. The molecule has 0 saturated carbocycles. The molecule has 5 rings (SSSR count). The Labute approximate surface area is 199 Å². The fourth-order valence-corrected chi connectivity index (χ4v) is 4.70. The highest BCUT2D eigenvalue weighted by Gasteiger charge is 2.40. The summed E-state index contributed by atoms with van der Waals surface area (Å²) in [5, 5.41) is 7.80. The van der Waals surface area contributed by atoms with Gasteiger partial charge in [0.2, 0.25) is 0 Å². The minimum absolute atomic E-state index is 0.0133. The number of aromatic nitrogens is 3. The van der Waals surface area contributed by atoms with Gasteiger partial charge in [0.15, 0.2) is 5.11 Å². The lowest BCUT2D eigenvalue weighted by Gasteiger charge is -2.29. The normalized spacial score (nSPS) is 17.7. The molecule has 0 amide bonds. The van der Waals surface area contributed by atoms with Crippen LogP contribution in [-0.4, -0.2) is 37.6 Å². The minimum atomic E-state index is -0.0360. The zero-order valence-corrected chi connectivity index (χ0v) is 19.0. The second-order valence-electron chi connectivity index (χ2n) is 7.98. The molecule has 1 aromatic carbocycles. The maximum Gasteiger partial charge on any atom is 0.170 e. The van der Waals surface area contributed by atoms with Crippen LogP contribution in [0.15, 0.2) is 97.6 Å². The fourth-order valence-electron chi connectivity index (χ4n) is 4.37. The number of rotatable bonds is 8. The lowest BCUT2D eigenvalue weighted by molar-refractivity contribution is 0.307. The number of benzene rings is 1. The third-order valence-corrected chi connectivity index (χ3v) is 6.24. The lowest BCUT2D eigenvalue weighted by atomic mass is 10.0. The standard InChI is InChI=1S/C26H26N6S/c33-26-30-24(22-12-4-5-15-29-22)25(23-13-7-17-31(23)21-11-6-14-27-19-21)32(26)18-8-16-28-20-9-2-1-3-10-20/h1-7,9-15,17,19,24-25,28H,8,16,18H2,(H,30,33)/t24-,25-/m1/s1. The van der Waals surface area contributed by atoms with Crippen LogP contribution in [0.5, 0.6) is 0 Å². The van der Waals surface area contributed by atoms with Crippen molar-refractivity contribution in [2.45, 2.75) is 18.5 Å². The first-order chi connectivity index (χ1) is 16.3. The van der Waals surface area contributed by atoms with Crippen LogP contribution in [0.2, 0.25) is 0 Å². The van der Waals surface area contributed by atoms with Gasteiger partial charge in [0, 0.05) is 43.1 Å². The van der Waals surface area contributed by atoms with Crippen molar-refractivity contribution in [1.29, 1.82) is 0 Å². The van der Waals surface area contributed by atoms with Crippen molar-refractivity contribution in [2.75, 3.05) is 18.4 Å². The molecule has 2 N–H and O–H groups in total. The number of hydrogen-bond donors (Lipinski definition) is 2. The molecule has 1 saturated heterocycles. The fraction of sp³-hybridized carbons (Fsp3) is 0.192. The second kappa shape index (κ2) is 9.83. The van der Waals surface area contributed by atoms with Crippen molar-refractivity contribution in [2.24, 2.45) is 0 Å². The number of thiocarbonyl (C=S) groups is 1. The molecule has 0 spiro atoms. The molecule has 2 atom stereocenters. The van der Waals surface area contributed by atoms with Crippen molar-refractivity contribution in [1.82, 2.24) is 24.8 Å². The maximum atomic E-state index is 5.82. The van der Waals surface area contributed by atoms with Gasteiger partial charge in [-0.15, -0.1) is 0 Å². The summed E-state index contributed by atoms with van der Waals surface area (Å²) < 4.78 is 2.19.